The van der Waals surface area contributed by atoms with Crippen LogP contribution in [0.2, 0.25) is 5.02 Å². The van der Waals surface area contributed by atoms with Gasteiger partial charge in [-0.25, -0.2) is 12.7 Å². The van der Waals surface area contributed by atoms with Crippen molar-refractivity contribution < 1.29 is 18.0 Å². The topological polar surface area (TPSA) is 95.6 Å². The lowest BCUT2D eigenvalue weighted by Crippen LogP contribution is -2.49. The fraction of sp³-hybridized carbons (Fsp3) is 0.391. The second-order valence-corrected chi connectivity index (χ2v) is 10.5. The van der Waals surface area contributed by atoms with Gasteiger partial charge in [-0.1, -0.05) is 41.9 Å². The molecule has 1 unspecified atom stereocenters. The zero-order valence-electron chi connectivity index (χ0n) is 18.0. The maximum absolute atomic E-state index is 13.0. The van der Waals surface area contributed by atoms with Gasteiger partial charge in [0.1, 0.15) is 6.04 Å². The van der Waals surface area contributed by atoms with Crippen molar-refractivity contribution in [3.8, 4) is 0 Å². The van der Waals surface area contributed by atoms with Crippen LogP contribution in [0, 0.1) is 5.92 Å². The number of hydrogen-bond donors (Lipinski definition) is 2. The maximum Gasteiger partial charge on any atom is 0.251 e. The van der Waals surface area contributed by atoms with E-state index >= 15 is 0 Å². The number of piperidine rings is 1. The summed E-state index contributed by atoms with van der Waals surface area (Å²) in [5, 5.41) is 6.31. The van der Waals surface area contributed by atoms with E-state index in [1.807, 2.05) is 30.3 Å². The highest BCUT2D eigenvalue weighted by atomic mass is 35.5. The third kappa shape index (κ3) is 7.05. The number of nitrogens with zero attached hydrogens (tertiary/aromatic N) is 1. The Bertz CT molecular complexity index is 1020. The predicted molar refractivity (Wildman–Crippen MR) is 125 cm³/mol. The molecule has 9 heteroatoms. The van der Waals surface area contributed by atoms with E-state index in [0.717, 1.165) is 5.56 Å². The van der Waals surface area contributed by atoms with E-state index in [1.165, 1.54) is 10.6 Å². The van der Waals surface area contributed by atoms with Crippen LogP contribution in [0.4, 0.5) is 0 Å². The lowest BCUT2D eigenvalue weighted by molar-refractivity contribution is -0.123. The Morgan fingerprint density at radius 3 is 2.28 bits per heavy atom. The summed E-state index contributed by atoms with van der Waals surface area (Å²) < 4.78 is 24.8. The van der Waals surface area contributed by atoms with Gasteiger partial charge in [0, 0.05) is 36.6 Å². The molecule has 0 radical (unpaired) electrons. The van der Waals surface area contributed by atoms with Gasteiger partial charge in [0.2, 0.25) is 15.9 Å². The van der Waals surface area contributed by atoms with Crippen molar-refractivity contribution in [3.63, 3.8) is 0 Å². The smallest absolute Gasteiger partial charge is 0.251 e. The normalized spacial score (nSPS) is 16.3. The Kier molecular flexibility index (Phi) is 8.28. The average molecular weight is 478 g/mol. The first-order valence-corrected chi connectivity index (χ1v) is 12.8. The highest BCUT2D eigenvalue weighted by molar-refractivity contribution is 7.88. The van der Waals surface area contributed by atoms with Crippen LogP contribution in [0.15, 0.2) is 54.6 Å². The van der Waals surface area contributed by atoms with Crippen LogP contribution in [0.1, 0.15) is 28.8 Å². The van der Waals surface area contributed by atoms with Crippen molar-refractivity contribution in [2.24, 2.45) is 5.92 Å². The lowest BCUT2D eigenvalue weighted by atomic mass is 9.97. The zero-order valence-corrected chi connectivity index (χ0v) is 19.5. The quantitative estimate of drug-likeness (QED) is 0.610. The van der Waals surface area contributed by atoms with Crippen LogP contribution >= 0.6 is 11.6 Å². The molecule has 1 heterocycles. The van der Waals surface area contributed by atoms with Crippen LogP contribution in [-0.2, 0) is 21.2 Å². The summed E-state index contributed by atoms with van der Waals surface area (Å²) in [6.45, 7) is 1.36. The number of carbonyl (C=O) groups is 2. The molecule has 2 aromatic rings. The molecule has 1 aliphatic heterocycles. The predicted octanol–water partition coefficient (Wildman–Crippen LogP) is 2.47. The summed E-state index contributed by atoms with van der Waals surface area (Å²) in [5.41, 5.74) is 1.36. The number of nitrogens with one attached hydrogen (secondary N) is 2. The second kappa shape index (κ2) is 10.9. The molecule has 2 N–H and O–H groups in total. The van der Waals surface area contributed by atoms with Crippen molar-refractivity contribution in [2.45, 2.75) is 25.3 Å². The van der Waals surface area contributed by atoms with Crippen LogP contribution in [0.5, 0.6) is 0 Å². The summed E-state index contributed by atoms with van der Waals surface area (Å²) in [5.74, 6) is -0.415. The number of benzene rings is 2. The standard InChI is InChI=1S/C23H28ClN3O4S/c1-32(30,31)27-13-11-18(12-14-27)16-25-23(29)21(15-17-5-3-2-4-6-17)26-22(28)19-7-9-20(24)10-8-19/h2-10,18,21H,11-16H2,1H3,(H,25,29)(H,26,28). The van der Waals surface area contributed by atoms with Crippen molar-refractivity contribution in [3.05, 3.63) is 70.7 Å². The average Bonchev–Trinajstić information content (AvgIpc) is 2.78. The van der Waals surface area contributed by atoms with Crippen molar-refractivity contribution >= 4 is 33.4 Å². The molecule has 32 heavy (non-hydrogen) atoms. The summed E-state index contributed by atoms with van der Waals surface area (Å²) in [4.78, 5) is 25.7. The zero-order chi connectivity index (χ0) is 23.1. The summed E-state index contributed by atoms with van der Waals surface area (Å²) in [6.07, 6.45) is 2.95. The van der Waals surface area contributed by atoms with E-state index < -0.39 is 16.1 Å². The lowest BCUT2D eigenvalue weighted by Gasteiger charge is -2.30. The van der Waals surface area contributed by atoms with E-state index in [0.29, 0.717) is 49.5 Å². The summed E-state index contributed by atoms with van der Waals surface area (Å²) >= 11 is 5.90. The van der Waals surface area contributed by atoms with Gasteiger partial charge in [0.15, 0.2) is 0 Å². The fourth-order valence-electron chi connectivity index (χ4n) is 3.72. The van der Waals surface area contributed by atoms with Crippen molar-refractivity contribution in [1.82, 2.24) is 14.9 Å². The number of amides is 2. The van der Waals surface area contributed by atoms with Crippen LogP contribution < -0.4 is 10.6 Å². The van der Waals surface area contributed by atoms with Gasteiger partial charge in [-0.15, -0.1) is 0 Å². The molecule has 0 saturated carbocycles. The van der Waals surface area contributed by atoms with Gasteiger partial charge in [-0.3, -0.25) is 9.59 Å². The van der Waals surface area contributed by atoms with Crippen LogP contribution in [0.25, 0.3) is 0 Å². The molecule has 1 atom stereocenters. The molecule has 1 saturated heterocycles. The Balaban J connectivity index is 1.61. The second-order valence-electron chi connectivity index (χ2n) is 8.07. The van der Waals surface area contributed by atoms with Crippen molar-refractivity contribution in [1.29, 1.82) is 0 Å². The SMILES string of the molecule is CS(=O)(=O)N1CCC(CNC(=O)C(Cc2ccccc2)NC(=O)c2ccc(Cl)cc2)CC1. The largest absolute Gasteiger partial charge is 0.354 e. The third-order valence-electron chi connectivity index (χ3n) is 5.62. The summed E-state index contributed by atoms with van der Waals surface area (Å²) in [7, 11) is -3.18. The van der Waals surface area contributed by atoms with E-state index in [2.05, 4.69) is 10.6 Å². The first-order chi connectivity index (χ1) is 15.2. The molecule has 2 amide bonds. The minimum atomic E-state index is -3.18. The maximum atomic E-state index is 13.0. The Labute approximate surface area is 194 Å². The first kappa shape index (κ1) is 24.2. The van der Waals surface area contributed by atoms with Gasteiger partial charge >= 0.3 is 0 Å². The molecule has 1 fully saturated rings. The highest BCUT2D eigenvalue weighted by Gasteiger charge is 2.27. The van der Waals surface area contributed by atoms with Gasteiger partial charge in [-0.2, -0.15) is 0 Å². The Morgan fingerprint density at radius 1 is 1.06 bits per heavy atom. The molecule has 7 nitrogen and oxygen atoms in total. The molecular formula is C23H28ClN3O4S. The van der Waals surface area contributed by atoms with Crippen LogP contribution in [0.3, 0.4) is 0 Å². The van der Waals surface area contributed by atoms with Gasteiger partial charge in [0.05, 0.1) is 6.26 Å². The summed E-state index contributed by atoms with van der Waals surface area (Å²) in [6, 6.07) is 15.3. The Morgan fingerprint density at radius 2 is 1.69 bits per heavy atom. The highest BCUT2D eigenvalue weighted by Crippen LogP contribution is 2.18. The molecule has 2 aromatic carbocycles. The molecule has 1 aliphatic rings. The molecule has 0 aliphatic carbocycles. The van der Waals surface area contributed by atoms with E-state index in [4.69, 9.17) is 11.6 Å². The number of hydrogen-bond acceptors (Lipinski definition) is 4. The first-order valence-electron chi connectivity index (χ1n) is 10.6. The van der Waals surface area contributed by atoms with E-state index in [9.17, 15) is 18.0 Å². The Hall–Kier alpha value is -2.42. The number of rotatable bonds is 8. The number of sulfonamides is 1. The number of halogens is 1. The molecule has 0 bridgehead atoms. The fourth-order valence-corrected chi connectivity index (χ4v) is 4.72. The van der Waals surface area contributed by atoms with Crippen molar-refractivity contribution in [2.75, 3.05) is 25.9 Å². The van der Waals surface area contributed by atoms with E-state index in [-0.39, 0.29) is 17.7 Å². The number of carbonyl (C=O) groups excluding carboxylic acids is 2. The minimum Gasteiger partial charge on any atom is -0.354 e. The third-order valence-corrected chi connectivity index (χ3v) is 7.17. The minimum absolute atomic E-state index is 0.196. The molecule has 0 aromatic heterocycles. The molecule has 172 valence electrons. The van der Waals surface area contributed by atoms with E-state index in [1.54, 1.807) is 24.3 Å². The monoisotopic (exact) mass is 477 g/mol. The van der Waals surface area contributed by atoms with Gasteiger partial charge in [-0.05, 0) is 48.6 Å². The van der Waals surface area contributed by atoms with Crippen LogP contribution in [-0.4, -0.2) is 56.5 Å². The van der Waals surface area contributed by atoms with Gasteiger partial charge < -0.3 is 10.6 Å². The molecular weight excluding hydrogens is 450 g/mol. The molecule has 0 spiro atoms. The molecule has 3 rings (SSSR count). The van der Waals surface area contributed by atoms with Gasteiger partial charge in [0.25, 0.3) is 5.91 Å².